The van der Waals surface area contributed by atoms with Crippen LogP contribution >= 0.6 is 0 Å². The summed E-state index contributed by atoms with van der Waals surface area (Å²) in [5, 5.41) is 3.21. The van der Waals surface area contributed by atoms with Gasteiger partial charge in [-0.05, 0) is 31.4 Å². The summed E-state index contributed by atoms with van der Waals surface area (Å²) in [6.07, 6.45) is 2.11. The van der Waals surface area contributed by atoms with Crippen molar-refractivity contribution in [3.63, 3.8) is 0 Å². The van der Waals surface area contributed by atoms with Gasteiger partial charge in [0.1, 0.15) is 11.6 Å². The van der Waals surface area contributed by atoms with Crippen molar-refractivity contribution in [1.82, 2.24) is 5.32 Å². The Balaban J connectivity index is 1.77. The first-order valence-corrected chi connectivity index (χ1v) is 5.98. The first kappa shape index (κ1) is 12.5. The van der Waals surface area contributed by atoms with E-state index in [1.165, 1.54) is 12.1 Å². The third-order valence-corrected chi connectivity index (χ3v) is 3.10. The van der Waals surface area contributed by atoms with E-state index < -0.39 is 11.6 Å². The minimum atomic E-state index is -0.532. The van der Waals surface area contributed by atoms with Crippen molar-refractivity contribution in [2.75, 3.05) is 19.8 Å². The molecule has 94 valence electrons. The van der Waals surface area contributed by atoms with Crippen LogP contribution in [0, 0.1) is 17.6 Å². The van der Waals surface area contributed by atoms with Crippen LogP contribution in [-0.4, -0.2) is 19.8 Å². The van der Waals surface area contributed by atoms with Gasteiger partial charge in [-0.3, -0.25) is 0 Å². The molecule has 0 aliphatic carbocycles. The molecule has 0 spiro atoms. The maximum absolute atomic E-state index is 13.3. The van der Waals surface area contributed by atoms with Crippen LogP contribution in [0.2, 0.25) is 0 Å². The first-order valence-electron chi connectivity index (χ1n) is 5.98. The van der Waals surface area contributed by atoms with Gasteiger partial charge < -0.3 is 10.1 Å². The van der Waals surface area contributed by atoms with Crippen LogP contribution in [0.3, 0.4) is 0 Å². The largest absolute Gasteiger partial charge is 0.381 e. The van der Waals surface area contributed by atoms with Crippen molar-refractivity contribution >= 4 is 0 Å². The SMILES string of the molecule is Fc1ccc(CNCC2CCOCC2)c(F)c1. The molecule has 1 aliphatic heterocycles. The van der Waals surface area contributed by atoms with Crippen molar-refractivity contribution in [1.29, 1.82) is 0 Å². The number of halogens is 2. The molecule has 1 heterocycles. The molecule has 17 heavy (non-hydrogen) atoms. The van der Waals surface area contributed by atoms with Crippen molar-refractivity contribution in [2.24, 2.45) is 5.92 Å². The Bertz CT molecular complexity index is 364. The zero-order chi connectivity index (χ0) is 12.1. The number of ether oxygens (including phenoxy) is 1. The van der Waals surface area contributed by atoms with Crippen molar-refractivity contribution in [3.8, 4) is 0 Å². The number of nitrogens with one attached hydrogen (secondary N) is 1. The van der Waals surface area contributed by atoms with Crippen LogP contribution in [0.25, 0.3) is 0 Å². The summed E-state index contributed by atoms with van der Waals surface area (Å²) in [5.74, 6) is -0.410. The third kappa shape index (κ3) is 3.75. The predicted octanol–water partition coefficient (Wildman–Crippen LogP) is 2.48. The normalized spacial score (nSPS) is 17.3. The Morgan fingerprint density at radius 3 is 2.71 bits per heavy atom. The zero-order valence-corrected chi connectivity index (χ0v) is 9.72. The van der Waals surface area contributed by atoms with Crippen LogP contribution < -0.4 is 5.32 Å². The van der Waals surface area contributed by atoms with Gasteiger partial charge >= 0.3 is 0 Å². The molecule has 0 unspecified atom stereocenters. The highest BCUT2D eigenvalue weighted by Gasteiger charge is 2.13. The standard InChI is InChI=1S/C13H17F2NO/c14-12-2-1-11(13(15)7-12)9-16-8-10-3-5-17-6-4-10/h1-2,7,10,16H,3-6,8-9H2. The molecule has 1 N–H and O–H groups in total. The van der Waals surface area contributed by atoms with Crippen LogP contribution in [0.15, 0.2) is 18.2 Å². The summed E-state index contributed by atoms with van der Waals surface area (Å²) < 4.78 is 31.3. The second-order valence-corrected chi connectivity index (χ2v) is 4.42. The lowest BCUT2D eigenvalue weighted by Crippen LogP contribution is -2.27. The van der Waals surface area contributed by atoms with E-state index in [1.807, 2.05) is 0 Å². The van der Waals surface area contributed by atoms with Crippen molar-refractivity contribution < 1.29 is 13.5 Å². The van der Waals surface area contributed by atoms with Gasteiger partial charge in [-0.2, -0.15) is 0 Å². The zero-order valence-electron chi connectivity index (χ0n) is 9.72. The highest BCUT2D eigenvalue weighted by molar-refractivity contribution is 5.18. The summed E-state index contributed by atoms with van der Waals surface area (Å²) in [5.41, 5.74) is 0.512. The minimum Gasteiger partial charge on any atom is -0.381 e. The van der Waals surface area contributed by atoms with Gasteiger partial charge in [0.2, 0.25) is 0 Å². The van der Waals surface area contributed by atoms with E-state index in [-0.39, 0.29) is 0 Å². The van der Waals surface area contributed by atoms with Crippen LogP contribution in [0.5, 0.6) is 0 Å². The van der Waals surface area contributed by atoms with Gasteiger partial charge in [0.25, 0.3) is 0 Å². The Labute approximate surface area is 100.0 Å². The van der Waals surface area contributed by atoms with Crippen LogP contribution in [-0.2, 0) is 11.3 Å². The fourth-order valence-corrected chi connectivity index (χ4v) is 2.03. The monoisotopic (exact) mass is 241 g/mol. The number of rotatable bonds is 4. The molecule has 0 radical (unpaired) electrons. The lowest BCUT2D eigenvalue weighted by atomic mass is 10.0. The smallest absolute Gasteiger partial charge is 0.130 e. The number of hydrogen-bond acceptors (Lipinski definition) is 2. The molecule has 0 amide bonds. The second-order valence-electron chi connectivity index (χ2n) is 4.42. The molecular formula is C13H17F2NO. The molecule has 0 bridgehead atoms. The van der Waals surface area contributed by atoms with E-state index in [0.717, 1.165) is 38.7 Å². The topological polar surface area (TPSA) is 21.3 Å². The second kappa shape index (κ2) is 6.07. The number of benzene rings is 1. The average molecular weight is 241 g/mol. The molecule has 1 fully saturated rings. The maximum Gasteiger partial charge on any atom is 0.130 e. The van der Waals surface area contributed by atoms with Gasteiger partial charge in [-0.25, -0.2) is 8.78 Å². The molecule has 2 nitrogen and oxygen atoms in total. The summed E-state index contributed by atoms with van der Waals surface area (Å²) in [6, 6.07) is 3.70. The predicted molar refractivity (Wildman–Crippen MR) is 61.6 cm³/mol. The molecule has 1 aliphatic rings. The lowest BCUT2D eigenvalue weighted by Gasteiger charge is -2.22. The van der Waals surface area contributed by atoms with Crippen LogP contribution in [0.4, 0.5) is 8.78 Å². The molecule has 1 aromatic carbocycles. The fourth-order valence-electron chi connectivity index (χ4n) is 2.03. The van der Waals surface area contributed by atoms with E-state index in [9.17, 15) is 8.78 Å². The van der Waals surface area contributed by atoms with E-state index in [4.69, 9.17) is 4.74 Å². The lowest BCUT2D eigenvalue weighted by molar-refractivity contribution is 0.0662. The van der Waals surface area contributed by atoms with Crippen LogP contribution in [0.1, 0.15) is 18.4 Å². The first-order chi connectivity index (χ1) is 8.25. The number of hydrogen-bond donors (Lipinski definition) is 1. The molecule has 2 rings (SSSR count). The Kier molecular flexibility index (Phi) is 4.45. The Morgan fingerprint density at radius 2 is 2.00 bits per heavy atom. The minimum absolute atomic E-state index is 0.448. The summed E-state index contributed by atoms with van der Waals surface area (Å²) in [4.78, 5) is 0. The molecule has 1 saturated heterocycles. The highest BCUT2D eigenvalue weighted by Crippen LogP contribution is 2.14. The molecule has 1 aromatic rings. The fraction of sp³-hybridized carbons (Fsp3) is 0.538. The molecule has 0 aromatic heterocycles. The quantitative estimate of drug-likeness (QED) is 0.874. The molecule has 0 saturated carbocycles. The average Bonchev–Trinajstić information content (AvgIpc) is 2.33. The highest BCUT2D eigenvalue weighted by atomic mass is 19.1. The molecular weight excluding hydrogens is 224 g/mol. The van der Waals surface area contributed by atoms with E-state index in [1.54, 1.807) is 0 Å². The van der Waals surface area contributed by atoms with E-state index in [0.29, 0.717) is 18.0 Å². The van der Waals surface area contributed by atoms with Gasteiger partial charge in [-0.15, -0.1) is 0 Å². The maximum atomic E-state index is 13.3. The van der Waals surface area contributed by atoms with Crippen molar-refractivity contribution in [3.05, 3.63) is 35.4 Å². The van der Waals surface area contributed by atoms with Gasteiger partial charge in [0, 0.05) is 31.4 Å². The van der Waals surface area contributed by atoms with Gasteiger partial charge in [0.15, 0.2) is 0 Å². The summed E-state index contributed by atoms with van der Waals surface area (Å²) in [6.45, 7) is 2.94. The van der Waals surface area contributed by atoms with Gasteiger partial charge in [-0.1, -0.05) is 6.07 Å². The van der Waals surface area contributed by atoms with Gasteiger partial charge in [0.05, 0.1) is 0 Å². The van der Waals surface area contributed by atoms with Crippen molar-refractivity contribution in [2.45, 2.75) is 19.4 Å². The van der Waals surface area contributed by atoms with E-state index in [2.05, 4.69) is 5.32 Å². The Morgan fingerprint density at radius 1 is 1.24 bits per heavy atom. The summed E-state index contributed by atoms with van der Waals surface area (Å²) in [7, 11) is 0. The summed E-state index contributed by atoms with van der Waals surface area (Å²) >= 11 is 0. The molecule has 0 atom stereocenters. The third-order valence-electron chi connectivity index (χ3n) is 3.10. The Hall–Kier alpha value is -1.00. The molecule has 4 heteroatoms. The van der Waals surface area contributed by atoms with E-state index >= 15 is 0 Å².